The first-order chi connectivity index (χ1) is 16.4. The first-order valence-corrected chi connectivity index (χ1v) is 13.3. The predicted molar refractivity (Wildman–Crippen MR) is 133 cm³/mol. The molecule has 186 valence electrons. The predicted octanol–water partition coefficient (Wildman–Crippen LogP) is 6.23. The lowest BCUT2D eigenvalue weighted by Gasteiger charge is -2.35. The van der Waals surface area contributed by atoms with Gasteiger partial charge in [-0.3, -0.25) is 9.59 Å². The summed E-state index contributed by atoms with van der Waals surface area (Å²) in [7, 11) is 0. The van der Waals surface area contributed by atoms with Gasteiger partial charge in [0.15, 0.2) is 4.77 Å². The molecule has 1 saturated heterocycles. The molecule has 3 aliphatic rings. The molecule has 0 bridgehead atoms. The largest absolute Gasteiger partial charge is 0.481 e. The Balaban J connectivity index is 0.000000257. The van der Waals surface area contributed by atoms with Crippen LogP contribution in [0.15, 0.2) is 18.2 Å². The Bertz CT molecular complexity index is 1050. The van der Waals surface area contributed by atoms with Gasteiger partial charge in [0.25, 0.3) is 0 Å². The number of rotatable bonds is 3. The molecule has 0 unspecified atom stereocenters. The minimum absolute atomic E-state index is 0.0289. The third-order valence-corrected chi connectivity index (χ3v) is 8.03. The highest BCUT2D eigenvalue weighted by Gasteiger charge is 2.30. The van der Waals surface area contributed by atoms with Crippen LogP contribution in [-0.2, 0) is 9.59 Å². The van der Waals surface area contributed by atoms with Gasteiger partial charge in [-0.1, -0.05) is 38.5 Å². The number of carboxylic acid groups (broad SMARTS) is 1. The summed E-state index contributed by atoms with van der Waals surface area (Å²) in [4.78, 5) is 28.2. The number of nitrogens with zero attached hydrogens (tertiary/aromatic N) is 2. The Morgan fingerprint density at radius 3 is 2.06 bits per heavy atom. The molecule has 2 aliphatic carbocycles. The maximum Gasteiger partial charge on any atom is 0.306 e. The summed E-state index contributed by atoms with van der Waals surface area (Å²) in [6.45, 7) is 1.57. The highest BCUT2D eigenvalue weighted by atomic mass is 32.1. The van der Waals surface area contributed by atoms with Crippen molar-refractivity contribution in [3.05, 3.63) is 28.8 Å². The molecule has 2 heterocycles. The van der Waals surface area contributed by atoms with Crippen LogP contribution in [0, 0.1) is 22.4 Å². The normalized spacial score (nSPS) is 20.7. The molecular weight excluding hydrogens is 453 g/mol. The van der Waals surface area contributed by atoms with E-state index in [9.17, 15) is 14.0 Å². The fraction of sp³-hybridized carbons (Fsp3) is 0.654. The van der Waals surface area contributed by atoms with Crippen molar-refractivity contribution in [2.24, 2.45) is 11.8 Å². The maximum atomic E-state index is 13.4. The van der Waals surface area contributed by atoms with E-state index < -0.39 is 5.97 Å². The van der Waals surface area contributed by atoms with Crippen LogP contribution in [-0.4, -0.2) is 44.5 Å². The third-order valence-electron chi connectivity index (χ3n) is 7.73. The number of likely N-dealkylation sites (tertiary alicyclic amines) is 1. The van der Waals surface area contributed by atoms with Gasteiger partial charge in [-0.15, -0.1) is 0 Å². The summed E-state index contributed by atoms with van der Waals surface area (Å²) in [5.41, 5.74) is 1.69. The zero-order valence-electron chi connectivity index (χ0n) is 19.8. The van der Waals surface area contributed by atoms with Crippen molar-refractivity contribution in [1.29, 1.82) is 0 Å². The van der Waals surface area contributed by atoms with Gasteiger partial charge in [0.2, 0.25) is 5.91 Å². The second-order valence-corrected chi connectivity index (χ2v) is 10.4. The number of H-pyrrole nitrogens is 1. The zero-order chi connectivity index (χ0) is 24.1. The molecule has 1 aromatic carbocycles. The van der Waals surface area contributed by atoms with Crippen molar-refractivity contribution in [2.75, 3.05) is 13.1 Å². The number of imidazole rings is 1. The van der Waals surface area contributed by atoms with Crippen LogP contribution in [0.1, 0.15) is 83.1 Å². The van der Waals surface area contributed by atoms with E-state index in [1.165, 1.54) is 37.8 Å². The van der Waals surface area contributed by atoms with Gasteiger partial charge < -0.3 is 19.6 Å². The number of hydrogen-bond donors (Lipinski definition) is 2. The Morgan fingerprint density at radius 2 is 1.50 bits per heavy atom. The molecule has 1 aliphatic heterocycles. The third kappa shape index (κ3) is 5.88. The second-order valence-electron chi connectivity index (χ2n) is 10.0. The average Bonchev–Trinajstić information content (AvgIpc) is 3.19. The van der Waals surface area contributed by atoms with Crippen LogP contribution in [0.4, 0.5) is 4.39 Å². The van der Waals surface area contributed by atoms with Crippen LogP contribution < -0.4 is 0 Å². The zero-order valence-corrected chi connectivity index (χ0v) is 20.6. The van der Waals surface area contributed by atoms with Crippen molar-refractivity contribution in [3.63, 3.8) is 0 Å². The molecule has 2 aromatic rings. The minimum Gasteiger partial charge on any atom is -0.481 e. The summed E-state index contributed by atoms with van der Waals surface area (Å²) in [5, 5.41) is 8.54. The van der Waals surface area contributed by atoms with Crippen molar-refractivity contribution in [2.45, 2.75) is 83.1 Å². The Hall–Kier alpha value is -2.22. The van der Waals surface area contributed by atoms with E-state index in [0.29, 0.717) is 10.7 Å². The van der Waals surface area contributed by atoms with Gasteiger partial charge in [0.05, 0.1) is 17.0 Å². The van der Waals surface area contributed by atoms with Gasteiger partial charge >= 0.3 is 5.97 Å². The number of aromatic amines is 1. The Morgan fingerprint density at radius 1 is 0.912 bits per heavy atom. The maximum absolute atomic E-state index is 13.4. The van der Waals surface area contributed by atoms with Gasteiger partial charge in [0.1, 0.15) is 5.82 Å². The monoisotopic (exact) mass is 489 g/mol. The quantitative estimate of drug-likeness (QED) is 0.501. The highest BCUT2D eigenvalue weighted by Crippen LogP contribution is 2.31. The Labute approximate surface area is 205 Å². The van der Waals surface area contributed by atoms with Gasteiger partial charge in [-0.05, 0) is 68.9 Å². The summed E-state index contributed by atoms with van der Waals surface area (Å²) in [5.74, 6) is -0.302. The number of amides is 1. The van der Waals surface area contributed by atoms with E-state index >= 15 is 0 Å². The van der Waals surface area contributed by atoms with Gasteiger partial charge in [-0.2, -0.15) is 0 Å². The van der Waals surface area contributed by atoms with Gasteiger partial charge in [-0.25, -0.2) is 4.39 Å². The lowest BCUT2D eigenvalue weighted by atomic mass is 9.87. The number of benzene rings is 1. The summed E-state index contributed by atoms with van der Waals surface area (Å²) < 4.78 is 16.2. The van der Waals surface area contributed by atoms with Crippen LogP contribution in [0.25, 0.3) is 11.0 Å². The minimum atomic E-state index is -0.602. The summed E-state index contributed by atoms with van der Waals surface area (Å²) in [6.07, 6.45) is 12.8. The van der Waals surface area contributed by atoms with Crippen LogP contribution in [0.2, 0.25) is 0 Å². The molecule has 0 spiro atoms. The molecule has 34 heavy (non-hydrogen) atoms. The van der Waals surface area contributed by atoms with Crippen molar-refractivity contribution < 1.29 is 19.1 Å². The summed E-state index contributed by atoms with van der Waals surface area (Å²) in [6, 6.07) is 5.02. The molecule has 5 rings (SSSR count). The summed E-state index contributed by atoms with van der Waals surface area (Å²) >= 11 is 5.46. The topological polar surface area (TPSA) is 78.3 Å². The van der Waals surface area contributed by atoms with Crippen molar-refractivity contribution in [1.82, 2.24) is 14.5 Å². The standard InChI is InChI=1S/C19H24FN3OS.C7H12O2/c20-14-6-7-17-16(12-14)21-19(25)23(17)15-8-10-22(11-9-15)18(24)13-4-2-1-3-5-13;8-7(9)6-4-2-1-3-5-6/h6-7,12-13,15H,1-5,8-11H2,(H,21,25);6H,1-5H2,(H,8,9). The molecular formula is C26H36FN3O3S. The molecule has 3 fully saturated rings. The molecule has 1 amide bonds. The molecule has 2 N–H and O–H groups in total. The number of halogens is 1. The number of carbonyl (C=O) groups excluding carboxylic acids is 1. The van der Waals surface area contributed by atoms with Crippen LogP contribution >= 0.6 is 12.2 Å². The van der Waals surface area contributed by atoms with E-state index in [1.807, 2.05) is 4.90 Å². The van der Waals surface area contributed by atoms with Crippen LogP contribution in [0.3, 0.4) is 0 Å². The number of carbonyl (C=O) groups is 2. The number of hydrogen-bond acceptors (Lipinski definition) is 3. The number of fused-ring (bicyclic) bond motifs is 1. The molecule has 6 nitrogen and oxygen atoms in total. The molecule has 2 saturated carbocycles. The first kappa shape index (κ1) is 24.9. The molecule has 1 aromatic heterocycles. The first-order valence-electron chi connectivity index (χ1n) is 12.9. The number of carboxylic acids is 1. The fourth-order valence-corrected chi connectivity index (χ4v) is 6.12. The van der Waals surface area contributed by atoms with E-state index in [0.717, 1.165) is 75.5 Å². The van der Waals surface area contributed by atoms with Crippen molar-refractivity contribution in [3.8, 4) is 0 Å². The SMILES string of the molecule is O=C(C1CCCCC1)N1CCC(n2c(=S)[nH]c3cc(F)ccc32)CC1.O=C(O)C1CCCCC1. The van der Waals surface area contributed by atoms with Crippen LogP contribution in [0.5, 0.6) is 0 Å². The van der Waals surface area contributed by atoms with E-state index in [2.05, 4.69) is 9.55 Å². The van der Waals surface area contributed by atoms with E-state index in [-0.39, 0.29) is 23.7 Å². The number of aromatic nitrogens is 2. The van der Waals surface area contributed by atoms with Gasteiger partial charge in [0, 0.05) is 25.0 Å². The fourth-order valence-electron chi connectivity index (χ4n) is 5.77. The molecule has 8 heteroatoms. The highest BCUT2D eigenvalue weighted by molar-refractivity contribution is 7.71. The smallest absolute Gasteiger partial charge is 0.306 e. The number of piperidine rings is 1. The van der Waals surface area contributed by atoms with E-state index in [1.54, 1.807) is 6.07 Å². The van der Waals surface area contributed by atoms with E-state index in [4.69, 9.17) is 17.3 Å². The lowest BCUT2D eigenvalue weighted by molar-refractivity contribution is -0.142. The van der Waals surface area contributed by atoms with Crippen molar-refractivity contribution >= 4 is 35.1 Å². The molecule has 0 radical (unpaired) electrons. The average molecular weight is 490 g/mol. The second kappa shape index (κ2) is 11.5. The Kier molecular flexibility index (Phi) is 8.40. The number of aliphatic carboxylic acids is 1. The number of nitrogens with one attached hydrogen (secondary N) is 1. The molecule has 0 atom stereocenters. The lowest BCUT2D eigenvalue weighted by Crippen LogP contribution is -2.42.